The quantitative estimate of drug-likeness (QED) is 0.683. The Morgan fingerprint density at radius 2 is 1.80 bits per heavy atom. The van der Waals surface area contributed by atoms with Gasteiger partial charge in [-0.3, -0.25) is 0 Å². The molecule has 1 aromatic rings. The van der Waals surface area contributed by atoms with Crippen LogP contribution in [0.4, 0.5) is 10.1 Å². The Hall–Kier alpha value is -0.715. The molecule has 3 nitrogen and oxygen atoms in total. The molecule has 2 rings (SSSR count). The summed E-state index contributed by atoms with van der Waals surface area (Å²) in [6.07, 6.45) is 0. The van der Waals surface area contributed by atoms with E-state index in [4.69, 9.17) is 9.31 Å². The van der Waals surface area contributed by atoms with Crippen molar-refractivity contribution in [3.05, 3.63) is 24.0 Å². The Kier molecular flexibility index (Phi) is 4.37. The first-order valence-electron chi connectivity index (χ1n) is 6.80. The van der Waals surface area contributed by atoms with Gasteiger partial charge in [-0.2, -0.15) is 0 Å². The Labute approximate surface area is 124 Å². The van der Waals surface area contributed by atoms with Crippen molar-refractivity contribution in [1.29, 1.82) is 0 Å². The van der Waals surface area contributed by atoms with Crippen molar-refractivity contribution >= 4 is 30.2 Å². The van der Waals surface area contributed by atoms with Gasteiger partial charge in [0.2, 0.25) is 0 Å². The average Bonchev–Trinajstić information content (AvgIpc) is 2.57. The molecule has 1 saturated heterocycles. The van der Waals surface area contributed by atoms with Gasteiger partial charge in [0.1, 0.15) is 5.82 Å². The molecule has 1 aliphatic heterocycles. The molecule has 0 aliphatic carbocycles. The second-order valence-electron chi connectivity index (χ2n) is 5.86. The third-order valence-electron chi connectivity index (χ3n) is 3.85. The fourth-order valence-electron chi connectivity index (χ4n) is 1.89. The zero-order chi connectivity index (χ0) is 15.0. The van der Waals surface area contributed by atoms with E-state index in [2.05, 4.69) is 4.72 Å². The van der Waals surface area contributed by atoms with E-state index >= 15 is 0 Å². The molecule has 0 bridgehead atoms. The van der Waals surface area contributed by atoms with Gasteiger partial charge in [0, 0.05) is 5.75 Å². The van der Waals surface area contributed by atoms with Gasteiger partial charge in [-0.1, -0.05) is 24.9 Å². The molecule has 1 aliphatic rings. The predicted molar refractivity (Wildman–Crippen MR) is 83.9 cm³/mol. The summed E-state index contributed by atoms with van der Waals surface area (Å²) in [7, 11) is -0.526. The number of hydrogen-bond acceptors (Lipinski definition) is 4. The highest BCUT2D eigenvalue weighted by Gasteiger charge is 2.51. The van der Waals surface area contributed by atoms with E-state index < -0.39 is 18.3 Å². The van der Waals surface area contributed by atoms with E-state index in [0.29, 0.717) is 11.2 Å². The van der Waals surface area contributed by atoms with Crippen molar-refractivity contribution in [3.8, 4) is 0 Å². The summed E-state index contributed by atoms with van der Waals surface area (Å²) in [4.78, 5) is 0. The fourth-order valence-corrected chi connectivity index (χ4v) is 2.36. The van der Waals surface area contributed by atoms with Gasteiger partial charge < -0.3 is 14.0 Å². The van der Waals surface area contributed by atoms with E-state index in [-0.39, 0.29) is 5.82 Å². The first kappa shape index (κ1) is 15.7. The normalized spacial score (nSPS) is 20.2. The summed E-state index contributed by atoms with van der Waals surface area (Å²) in [5, 5.41) is 0. The maximum atomic E-state index is 14.0. The van der Waals surface area contributed by atoms with Crippen LogP contribution >= 0.6 is 11.9 Å². The van der Waals surface area contributed by atoms with E-state index in [9.17, 15) is 4.39 Å². The van der Waals surface area contributed by atoms with E-state index in [0.717, 1.165) is 5.75 Å². The molecule has 1 aromatic carbocycles. The standard InChI is InChI=1S/C14H21BFNO2S/c1-6-20-17-12-8-7-10(9-11(12)16)15-18-13(2,3)14(4,5)19-15/h7-9,17H,6H2,1-5H3. The van der Waals surface area contributed by atoms with E-state index in [1.54, 1.807) is 6.07 Å². The highest BCUT2D eigenvalue weighted by atomic mass is 32.2. The van der Waals surface area contributed by atoms with Crippen molar-refractivity contribution in [2.45, 2.75) is 45.8 Å². The first-order valence-corrected chi connectivity index (χ1v) is 7.78. The number of anilines is 1. The van der Waals surface area contributed by atoms with Crippen LogP contribution in [-0.4, -0.2) is 24.1 Å². The molecule has 0 aromatic heterocycles. The molecule has 6 heteroatoms. The summed E-state index contributed by atoms with van der Waals surface area (Å²) in [6.45, 7) is 9.94. The average molecular weight is 297 g/mol. The maximum absolute atomic E-state index is 14.0. The number of halogens is 1. The highest BCUT2D eigenvalue weighted by molar-refractivity contribution is 8.00. The van der Waals surface area contributed by atoms with Crippen LogP contribution in [0.15, 0.2) is 18.2 Å². The van der Waals surface area contributed by atoms with Gasteiger partial charge in [0.25, 0.3) is 0 Å². The Bertz CT molecular complexity index is 480. The first-order chi connectivity index (χ1) is 9.27. The zero-order valence-electron chi connectivity index (χ0n) is 12.6. The van der Waals surface area contributed by atoms with Gasteiger partial charge in [0.05, 0.1) is 16.9 Å². The summed E-state index contributed by atoms with van der Waals surface area (Å²) in [6, 6.07) is 5.03. The van der Waals surface area contributed by atoms with Crippen molar-refractivity contribution < 1.29 is 13.7 Å². The molecule has 0 spiro atoms. The molecule has 0 atom stereocenters. The van der Waals surface area contributed by atoms with Gasteiger partial charge in [0.15, 0.2) is 0 Å². The second kappa shape index (κ2) is 5.58. The number of rotatable bonds is 4. The molecular weight excluding hydrogens is 276 g/mol. The third-order valence-corrected chi connectivity index (χ3v) is 4.50. The Morgan fingerprint density at radius 1 is 1.20 bits per heavy atom. The zero-order valence-corrected chi connectivity index (χ0v) is 13.4. The summed E-state index contributed by atoms with van der Waals surface area (Å²) < 4.78 is 28.8. The van der Waals surface area contributed by atoms with Crippen LogP contribution in [0.2, 0.25) is 0 Å². The lowest BCUT2D eigenvalue weighted by molar-refractivity contribution is 0.00578. The van der Waals surface area contributed by atoms with Crippen LogP contribution in [0.1, 0.15) is 34.6 Å². The Balaban J connectivity index is 2.17. The van der Waals surface area contributed by atoms with Crippen LogP contribution < -0.4 is 10.2 Å². The lowest BCUT2D eigenvalue weighted by Gasteiger charge is -2.32. The second-order valence-corrected chi connectivity index (χ2v) is 6.93. The molecule has 1 fully saturated rings. The molecule has 110 valence electrons. The molecule has 1 N–H and O–H groups in total. The fraction of sp³-hybridized carbons (Fsp3) is 0.571. The summed E-state index contributed by atoms with van der Waals surface area (Å²) >= 11 is 1.46. The van der Waals surface area contributed by atoms with Gasteiger partial charge in [-0.15, -0.1) is 0 Å². The van der Waals surface area contributed by atoms with Crippen LogP contribution in [-0.2, 0) is 9.31 Å². The van der Waals surface area contributed by atoms with Crippen LogP contribution in [0.3, 0.4) is 0 Å². The number of benzene rings is 1. The van der Waals surface area contributed by atoms with Gasteiger partial charge in [-0.05, 0) is 45.3 Å². The minimum absolute atomic E-state index is 0.293. The highest BCUT2D eigenvalue weighted by Crippen LogP contribution is 2.36. The molecule has 0 radical (unpaired) electrons. The van der Waals surface area contributed by atoms with Gasteiger partial charge in [-0.25, -0.2) is 4.39 Å². The molecule has 0 amide bonds. The number of hydrogen-bond donors (Lipinski definition) is 1. The molecule has 20 heavy (non-hydrogen) atoms. The van der Waals surface area contributed by atoms with Gasteiger partial charge >= 0.3 is 7.12 Å². The molecule has 0 saturated carbocycles. The van der Waals surface area contributed by atoms with Crippen molar-refractivity contribution in [1.82, 2.24) is 0 Å². The maximum Gasteiger partial charge on any atom is 0.494 e. The third kappa shape index (κ3) is 2.97. The van der Waals surface area contributed by atoms with Crippen LogP contribution in [0.25, 0.3) is 0 Å². The van der Waals surface area contributed by atoms with Crippen LogP contribution in [0.5, 0.6) is 0 Å². The monoisotopic (exact) mass is 297 g/mol. The van der Waals surface area contributed by atoms with E-state index in [1.165, 1.54) is 18.0 Å². The molecule has 1 heterocycles. The SMILES string of the molecule is CCSNc1ccc(B2OC(C)(C)C(C)(C)O2)cc1F. The Morgan fingerprint density at radius 3 is 2.30 bits per heavy atom. The van der Waals surface area contributed by atoms with Crippen molar-refractivity contribution in [2.75, 3.05) is 10.5 Å². The van der Waals surface area contributed by atoms with E-state index in [1.807, 2.05) is 40.7 Å². The lowest BCUT2D eigenvalue weighted by Crippen LogP contribution is -2.41. The summed E-state index contributed by atoms with van der Waals surface area (Å²) in [5.41, 5.74) is 0.358. The lowest BCUT2D eigenvalue weighted by atomic mass is 9.79. The topological polar surface area (TPSA) is 30.5 Å². The van der Waals surface area contributed by atoms with Crippen molar-refractivity contribution in [2.24, 2.45) is 0 Å². The largest absolute Gasteiger partial charge is 0.494 e. The minimum Gasteiger partial charge on any atom is -0.399 e. The molecular formula is C14H21BFNO2S. The van der Waals surface area contributed by atoms with Crippen LogP contribution in [0, 0.1) is 5.82 Å². The van der Waals surface area contributed by atoms with Crippen molar-refractivity contribution in [3.63, 3.8) is 0 Å². The minimum atomic E-state index is -0.526. The molecule has 0 unspecified atom stereocenters. The predicted octanol–water partition coefficient (Wildman–Crippen LogP) is 3.20. The smallest absolute Gasteiger partial charge is 0.399 e. The number of nitrogens with one attached hydrogen (secondary N) is 1. The summed E-state index contributed by atoms with van der Waals surface area (Å²) in [5.74, 6) is 0.580.